The smallest absolute Gasteiger partial charge is 0.326 e. The summed E-state index contributed by atoms with van der Waals surface area (Å²) in [5.41, 5.74) is 1.24. The lowest BCUT2D eigenvalue weighted by Crippen LogP contribution is -2.28. The van der Waals surface area contributed by atoms with Crippen molar-refractivity contribution in [3.05, 3.63) is 58.8 Å². The van der Waals surface area contributed by atoms with E-state index in [0.717, 1.165) is 0 Å². The highest BCUT2D eigenvalue weighted by atomic mass is 16.5. The Kier molecular flexibility index (Phi) is 4.52. The van der Waals surface area contributed by atoms with Crippen LogP contribution in [0, 0.1) is 0 Å². The molecule has 128 valence electrons. The average molecular weight is 338 g/mol. The van der Waals surface area contributed by atoms with Crippen LogP contribution in [0.5, 0.6) is 0 Å². The summed E-state index contributed by atoms with van der Waals surface area (Å²) in [5, 5.41) is 1.08. The number of carbonyl (C=O) groups is 2. The summed E-state index contributed by atoms with van der Waals surface area (Å²) in [6.07, 6.45) is 0. The number of esters is 1. The molecule has 6 heteroatoms. The summed E-state index contributed by atoms with van der Waals surface area (Å²) in [5.74, 6) is -0.822. The molecule has 0 saturated heterocycles. The molecular formula is C19H18N2O4. The molecule has 3 aromatic rings. The second kappa shape index (κ2) is 6.76. The lowest BCUT2D eigenvalue weighted by Gasteiger charge is -2.15. The van der Waals surface area contributed by atoms with Crippen molar-refractivity contribution in [1.29, 1.82) is 0 Å². The zero-order chi connectivity index (χ0) is 18.0. The standard InChI is InChI=1S/C19H18N2O4/c1-20(2)17(22)12-25-18(23)11-21-15-9-5-3-7-13(15)19(24)14-8-4-6-10-16(14)21/h3-10H,11-12H2,1-2H3. The Hall–Kier alpha value is -3.15. The second-order valence-electron chi connectivity index (χ2n) is 5.90. The molecule has 3 rings (SSSR count). The summed E-state index contributed by atoms with van der Waals surface area (Å²) in [6.45, 7) is -0.385. The fraction of sp³-hybridized carbons (Fsp3) is 0.211. The van der Waals surface area contributed by atoms with Crippen molar-refractivity contribution in [2.45, 2.75) is 6.54 Å². The molecule has 0 bridgehead atoms. The summed E-state index contributed by atoms with van der Waals surface area (Å²) < 4.78 is 6.81. The zero-order valence-electron chi connectivity index (χ0n) is 14.1. The van der Waals surface area contributed by atoms with E-state index in [1.165, 1.54) is 4.90 Å². The van der Waals surface area contributed by atoms with Crippen molar-refractivity contribution >= 4 is 33.7 Å². The summed E-state index contributed by atoms with van der Waals surface area (Å²) in [6, 6.07) is 14.3. The third kappa shape index (κ3) is 3.24. The maximum atomic E-state index is 12.6. The van der Waals surface area contributed by atoms with Gasteiger partial charge in [0.1, 0.15) is 6.54 Å². The Morgan fingerprint density at radius 3 is 2.00 bits per heavy atom. The van der Waals surface area contributed by atoms with E-state index in [2.05, 4.69) is 0 Å². The van der Waals surface area contributed by atoms with Gasteiger partial charge in [0.15, 0.2) is 12.0 Å². The molecule has 25 heavy (non-hydrogen) atoms. The first-order chi connectivity index (χ1) is 12.0. The highest BCUT2D eigenvalue weighted by Crippen LogP contribution is 2.19. The number of pyridine rings is 1. The number of nitrogens with zero attached hydrogens (tertiary/aromatic N) is 2. The van der Waals surface area contributed by atoms with E-state index in [1.54, 1.807) is 55.1 Å². The number of benzene rings is 2. The molecule has 0 aliphatic rings. The molecule has 6 nitrogen and oxygen atoms in total. The molecule has 0 aliphatic heterocycles. The van der Waals surface area contributed by atoms with Gasteiger partial charge in [0, 0.05) is 24.9 Å². The van der Waals surface area contributed by atoms with E-state index in [-0.39, 0.29) is 24.5 Å². The first-order valence-corrected chi connectivity index (χ1v) is 7.85. The average Bonchev–Trinajstić information content (AvgIpc) is 2.63. The maximum absolute atomic E-state index is 12.6. The van der Waals surface area contributed by atoms with Crippen molar-refractivity contribution < 1.29 is 14.3 Å². The van der Waals surface area contributed by atoms with Gasteiger partial charge < -0.3 is 14.2 Å². The van der Waals surface area contributed by atoms with Crippen LogP contribution in [0.4, 0.5) is 0 Å². The van der Waals surface area contributed by atoms with Crippen molar-refractivity contribution in [2.24, 2.45) is 0 Å². The predicted octanol–water partition coefficient (Wildman–Crippen LogP) is 1.79. The molecule has 1 aromatic heterocycles. The minimum absolute atomic E-state index is 0.0707. The summed E-state index contributed by atoms with van der Waals surface area (Å²) in [7, 11) is 3.19. The van der Waals surface area contributed by atoms with Gasteiger partial charge in [0.05, 0.1) is 11.0 Å². The van der Waals surface area contributed by atoms with Crippen LogP contribution < -0.4 is 5.43 Å². The first kappa shape index (κ1) is 16.7. The van der Waals surface area contributed by atoms with Gasteiger partial charge in [0.25, 0.3) is 5.91 Å². The number of carbonyl (C=O) groups excluding carboxylic acids is 2. The lowest BCUT2D eigenvalue weighted by atomic mass is 10.1. The number of ether oxygens (including phenoxy) is 1. The minimum Gasteiger partial charge on any atom is -0.454 e. The van der Waals surface area contributed by atoms with E-state index in [9.17, 15) is 14.4 Å². The molecular weight excluding hydrogens is 320 g/mol. The molecule has 1 heterocycles. The van der Waals surface area contributed by atoms with Gasteiger partial charge in [-0.15, -0.1) is 0 Å². The number of hydrogen-bond donors (Lipinski definition) is 0. The Morgan fingerprint density at radius 1 is 0.960 bits per heavy atom. The van der Waals surface area contributed by atoms with Crippen LogP contribution in [0.3, 0.4) is 0 Å². The molecule has 2 aromatic carbocycles. The number of likely N-dealkylation sites (N-methyl/N-ethyl adjacent to an activating group) is 1. The number of fused-ring (bicyclic) bond motifs is 2. The van der Waals surface area contributed by atoms with Crippen LogP contribution in [0.1, 0.15) is 0 Å². The Balaban J connectivity index is 2.02. The topological polar surface area (TPSA) is 68.6 Å². The normalized spacial score (nSPS) is 10.8. The highest BCUT2D eigenvalue weighted by molar-refractivity contribution is 5.94. The second-order valence-corrected chi connectivity index (χ2v) is 5.90. The van der Waals surface area contributed by atoms with Gasteiger partial charge in [-0.2, -0.15) is 0 Å². The fourth-order valence-electron chi connectivity index (χ4n) is 2.69. The summed E-state index contributed by atoms with van der Waals surface area (Å²) in [4.78, 5) is 37.8. The van der Waals surface area contributed by atoms with Crippen LogP contribution in [-0.2, 0) is 20.9 Å². The molecule has 0 N–H and O–H groups in total. The lowest BCUT2D eigenvalue weighted by molar-refractivity contribution is -0.151. The van der Waals surface area contributed by atoms with E-state index in [0.29, 0.717) is 21.8 Å². The Bertz CT molecular complexity index is 961. The highest BCUT2D eigenvalue weighted by Gasteiger charge is 2.14. The van der Waals surface area contributed by atoms with Gasteiger partial charge in [-0.3, -0.25) is 14.4 Å². The first-order valence-electron chi connectivity index (χ1n) is 7.85. The van der Waals surface area contributed by atoms with E-state index in [1.807, 2.05) is 12.1 Å². The van der Waals surface area contributed by atoms with Crippen molar-refractivity contribution in [3.8, 4) is 0 Å². The van der Waals surface area contributed by atoms with Crippen LogP contribution >= 0.6 is 0 Å². The molecule has 0 unspecified atom stereocenters. The number of aromatic nitrogens is 1. The minimum atomic E-state index is -0.533. The quantitative estimate of drug-likeness (QED) is 0.537. The maximum Gasteiger partial charge on any atom is 0.326 e. The number of para-hydroxylation sites is 2. The largest absolute Gasteiger partial charge is 0.454 e. The Labute approximate surface area is 144 Å². The molecule has 0 spiro atoms. The number of hydrogen-bond acceptors (Lipinski definition) is 4. The van der Waals surface area contributed by atoms with E-state index >= 15 is 0 Å². The van der Waals surface area contributed by atoms with Crippen LogP contribution in [-0.4, -0.2) is 42.0 Å². The van der Waals surface area contributed by atoms with Gasteiger partial charge in [-0.25, -0.2) is 0 Å². The Morgan fingerprint density at radius 2 is 1.48 bits per heavy atom. The molecule has 0 aliphatic carbocycles. The van der Waals surface area contributed by atoms with Crippen molar-refractivity contribution in [1.82, 2.24) is 9.47 Å². The molecule has 1 amide bonds. The predicted molar refractivity (Wildman–Crippen MR) is 95.4 cm³/mol. The van der Waals surface area contributed by atoms with E-state index in [4.69, 9.17) is 4.74 Å². The van der Waals surface area contributed by atoms with Gasteiger partial charge in [-0.1, -0.05) is 24.3 Å². The third-order valence-electron chi connectivity index (χ3n) is 4.02. The van der Waals surface area contributed by atoms with Crippen molar-refractivity contribution in [3.63, 3.8) is 0 Å². The summed E-state index contributed by atoms with van der Waals surface area (Å²) >= 11 is 0. The van der Waals surface area contributed by atoms with Gasteiger partial charge in [0.2, 0.25) is 0 Å². The molecule has 0 atom stereocenters. The van der Waals surface area contributed by atoms with Crippen molar-refractivity contribution in [2.75, 3.05) is 20.7 Å². The number of rotatable bonds is 4. The van der Waals surface area contributed by atoms with Crippen LogP contribution in [0.2, 0.25) is 0 Å². The zero-order valence-corrected chi connectivity index (χ0v) is 14.1. The van der Waals surface area contributed by atoms with Gasteiger partial charge >= 0.3 is 5.97 Å². The van der Waals surface area contributed by atoms with E-state index < -0.39 is 5.97 Å². The monoisotopic (exact) mass is 338 g/mol. The molecule has 0 radical (unpaired) electrons. The fourth-order valence-corrected chi connectivity index (χ4v) is 2.69. The third-order valence-corrected chi connectivity index (χ3v) is 4.02. The van der Waals surface area contributed by atoms with Crippen LogP contribution in [0.15, 0.2) is 53.3 Å². The molecule has 0 fully saturated rings. The number of amides is 1. The SMILES string of the molecule is CN(C)C(=O)COC(=O)Cn1c2ccccc2c(=O)c2ccccc21. The van der Waals surface area contributed by atoms with Gasteiger partial charge in [-0.05, 0) is 24.3 Å². The molecule has 0 saturated carbocycles. The van der Waals surface area contributed by atoms with Crippen LogP contribution in [0.25, 0.3) is 21.8 Å².